The Morgan fingerprint density at radius 1 is 1.40 bits per heavy atom. The molecular formula is C14H20ClNO3S. The molecule has 2 rings (SSSR count). The summed E-state index contributed by atoms with van der Waals surface area (Å²) in [5.41, 5.74) is 0.489. The van der Waals surface area contributed by atoms with Crippen LogP contribution in [0.1, 0.15) is 27.7 Å². The zero-order valence-corrected chi connectivity index (χ0v) is 13.8. The first-order valence-corrected chi connectivity index (χ1v) is 8.92. The molecule has 0 spiro atoms. The van der Waals surface area contributed by atoms with Crippen LogP contribution in [-0.4, -0.2) is 27.1 Å². The van der Waals surface area contributed by atoms with Gasteiger partial charge >= 0.3 is 0 Å². The predicted molar refractivity (Wildman–Crippen MR) is 81.2 cm³/mol. The van der Waals surface area contributed by atoms with E-state index >= 15 is 0 Å². The molecule has 1 aromatic carbocycles. The van der Waals surface area contributed by atoms with Crippen molar-refractivity contribution >= 4 is 25.4 Å². The van der Waals surface area contributed by atoms with Crippen molar-refractivity contribution in [2.75, 3.05) is 18.0 Å². The quantitative estimate of drug-likeness (QED) is 0.803. The Labute approximate surface area is 125 Å². The van der Waals surface area contributed by atoms with Crippen LogP contribution in [-0.2, 0) is 9.05 Å². The van der Waals surface area contributed by atoms with E-state index in [-0.39, 0.29) is 10.5 Å². The van der Waals surface area contributed by atoms with Crippen molar-refractivity contribution in [2.24, 2.45) is 5.92 Å². The summed E-state index contributed by atoms with van der Waals surface area (Å²) in [5, 5.41) is 0. The van der Waals surface area contributed by atoms with E-state index in [0.29, 0.717) is 18.2 Å². The third kappa shape index (κ3) is 3.38. The monoisotopic (exact) mass is 317 g/mol. The summed E-state index contributed by atoms with van der Waals surface area (Å²) >= 11 is 0. The van der Waals surface area contributed by atoms with E-state index in [4.69, 9.17) is 15.4 Å². The van der Waals surface area contributed by atoms with Gasteiger partial charge in [0.25, 0.3) is 9.05 Å². The molecule has 1 aliphatic heterocycles. The van der Waals surface area contributed by atoms with Gasteiger partial charge in [0.1, 0.15) is 11.4 Å². The van der Waals surface area contributed by atoms with Crippen LogP contribution in [0.15, 0.2) is 23.1 Å². The highest BCUT2D eigenvalue weighted by Gasteiger charge is 2.32. The zero-order chi connectivity index (χ0) is 15.1. The Bertz CT molecular complexity index is 611. The van der Waals surface area contributed by atoms with Crippen LogP contribution in [0, 0.1) is 5.92 Å². The molecule has 0 N–H and O–H groups in total. The molecule has 1 heterocycles. The summed E-state index contributed by atoms with van der Waals surface area (Å²) in [7, 11) is 1.70. The minimum absolute atomic E-state index is 0.106. The Kier molecular flexibility index (Phi) is 3.95. The maximum absolute atomic E-state index is 11.5. The van der Waals surface area contributed by atoms with Gasteiger partial charge < -0.3 is 9.64 Å². The minimum Gasteiger partial charge on any atom is -0.484 e. The lowest BCUT2D eigenvalue weighted by molar-refractivity contribution is 0.104. The molecule has 20 heavy (non-hydrogen) atoms. The molecule has 0 unspecified atom stereocenters. The maximum atomic E-state index is 11.5. The van der Waals surface area contributed by atoms with E-state index in [1.54, 1.807) is 12.1 Å². The van der Waals surface area contributed by atoms with Gasteiger partial charge in [-0.05, 0) is 38.0 Å². The van der Waals surface area contributed by atoms with Crippen molar-refractivity contribution in [2.45, 2.75) is 38.2 Å². The number of halogens is 1. The first kappa shape index (κ1) is 15.4. The average Bonchev–Trinajstić information content (AvgIpc) is 2.24. The number of rotatable bonds is 3. The fourth-order valence-electron chi connectivity index (χ4n) is 2.46. The highest BCUT2D eigenvalue weighted by molar-refractivity contribution is 8.13. The summed E-state index contributed by atoms with van der Waals surface area (Å²) in [6, 6.07) is 4.75. The van der Waals surface area contributed by atoms with Crippen molar-refractivity contribution in [3.05, 3.63) is 18.2 Å². The number of fused-ring (bicyclic) bond motifs is 1. The van der Waals surface area contributed by atoms with Gasteiger partial charge in [0.2, 0.25) is 0 Å². The van der Waals surface area contributed by atoms with Gasteiger partial charge in [-0.25, -0.2) is 8.42 Å². The molecule has 1 aliphatic rings. The molecule has 4 nitrogen and oxygen atoms in total. The number of ether oxygens (including phenoxy) is 1. The van der Waals surface area contributed by atoms with Crippen molar-refractivity contribution in [3.63, 3.8) is 0 Å². The third-order valence-corrected chi connectivity index (χ3v) is 4.45. The second kappa shape index (κ2) is 5.11. The molecule has 0 atom stereocenters. The Morgan fingerprint density at radius 2 is 2.05 bits per heavy atom. The lowest BCUT2D eigenvalue weighted by atomic mass is 10.0. The number of anilines is 1. The summed E-state index contributed by atoms with van der Waals surface area (Å²) < 4.78 is 28.9. The largest absolute Gasteiger partial charge is 0.484 e. The van der Waals surface area contributed by atoms with E-state index in [1.165, 1.54) is 6.07 Å². The topological polar surface area (TPSA) is 46.6 Å². The van der Waals surface area contributed by atoms with Crippen LogP contribution in [0.4, 0.5) is 5.69 Å². The number of benzene rings is 1. The summed E-state index contributed by atoms with van der Waals surface area (Å²) in [4.78, 5) is 2.27. The number of hydrogen-bond donors (Lipinski definition) is 0. The normalized spacial score (nSPS) is 17.8. The Balaban J connectivity index is 2.49. The predicted octanol–water partition coefficient (Wildman–Crippen LogP) is 3.25. The minimum atomic E-state index is -3.73. The second-order valence-corrected chi connectivity index (χ2v) is 8.77. The molecule has 0 radical (unpaired) electrons. The van der Waals surface area contributed by atoms with E-state index in [2.05, 4.69) is 18.7 Å². The van der Waals surface area contributed by atoms with Gasteiger partial charge in [-0.1, -0.05) is 13.8 Å². The smallest absolute Gasteiger partial charge is 0.261 e. The van der Waals surface area contributed by atoms with Crippen LogP contribution in [0.2, 0.25) is 0 Å². The molecule has 112 valence electrons. The molecule has 0 bridgehead atoms. The highest BCUT2D eigenvalue weighted by atomic mass is 35.7. The molecule has 0 saturated heterocycles. The lowest BCUT2D eigenvalue weighted by Gasteiger charge is -2.41. The van der Waals surface area contributed by atoms with Crippen molar-refractivity contribution in [3.8, 4) is 5.75 Å². The molecule has 0 saturated carbocycles. The van der Waals surface area contributed by atoms with Crippen molar-refractivity contribution < 1.29 is 13.2 Å². The van der Waals surface area contributed by atoms with Gasteiger partial charge in [-0.2, -0.15) is 0 Å². The van der Waals surface area contributed by atoms with E-state index in [1.807, 2.05) is 13.8 Å². The van der Waals surface area contributed by atoms with Crippen LogP contribution >= 0.6 is 10.7 Å². The highest BCUT2D eigenvalue weighted by Crippen LogP contribution is 2.39. The maximum Gasteiger partial charge on any atom is 0.261 e. The summed E-state index contributed by atoms with van der Waals surface area (Å²) in [5.74, 6) is 1.17. The molecule has 6 heteroatoms. The Hall–Kier alpha value is -0.940. The molecule has 0 fully saturated rings. The van der Waals surface area contributed by atoms with Gasteiger partial charge in [0, 0.05) is 17.2 Å². The van der Waals surface area contributed by atoms with Crippen LogP contribution in [0.3, 0.4) is 0 Å². The SMILES string of the molecule is CC(C)CN1CC(C)(C)Oc2ccc(S(=O)(=O)Cl)cc21. The van der Waals surface area contributed by atoms with Crippen LogP contribution in [0.25, 0.3) is 0 Å². The fourth-order valence-corrected chi connectivity index (χ4v) is 3.23. The fraction of sp³-hybridized carbons (Fsp3) is 0.571. The van der Waals surface area contributed by atoms with Gasteiger partial charge in [-0.15, -0.1) is 0 Å². The number of hydrogen-bond acceptors (Lipinski definition) is 4. The van der Waals surface area contributed by atoms with Crippen LogP contribution in [0.5, 0.6) is 5.75 Å². The Morgan fingerprint density at radius 3 is 2.60 bits per heavy atom. The van der Waals surface area contributed by atoms with E-state index in [9.17, 15) is 8.42 Å². The molecule has 1 aromatic rings. The van der Waals surface area contributed by atoms with Crippen LogP contribution < -0.4 is 9.64 Å². The molecule has 0 aliphatic carbocycles. The standard InChI is InChI=1S/C14H20ClNO3S/c1-10(2)8-16-9-14(3,4)19-13-6-5-11(7-12(13)16)20(15,17)18/h5-7,10H,8-9H2,1-4H3. The van der Waals surface area contributed by atoms with Gasteiger partial charge in [0.05, 0.1) is 17.1 Å². The molecular weight excluding hydrogens is 298 g/mol. The first-order valence-electron chi connectivity index (χ1n) is 6.61. The lowest BCUT2D eigenvalue weighted by Crippen LogP contribution is -2.48. The average molecular weight is 318 g/mol. The summed E-state index contributed by atoms with van der Waals surface area (Å²) in [6.07, 6.45) is 0. The molecule has 0 aromatic heterocycles. The van der Waals surface area contributed by atoms with Crippen molar-refractivity contribution in [1.29, 1.82) is 0 Å². The van der Waals surface area contributed by atoms with Crippen molar-refractivity contribution in [1.82, 2.24) is 0 Å². The third-order valence-electron chi connectivity index (χ3n) is 3.10. The van der Waals surface area contributed by atoms with Gasteiger partial charge in [-0.3, -0.25) is 0 Å². The molecule has 0 amide bonds. The van der Waals surface area contributed by atoms with Gasteiger partial charge in [0.15, 0.2) is 0 Å². The second-order valence-electron chi connectivity index (χ2n) is 6.20. The van der Waals surface area contributed by atoms with E-state index < -0.39 is 9.05 Å². The number of nitrogens with zero attached hydrogens (tertiary/aromatic N) is 1. The van der Waals surface area contributed by atoms with E-state index in [0.717, 1.165) is 12.2 Å². The first-order chi connectivity index (χ1) is 9.08. The zero-order valence-electron chi connectivity index (χ0n) is 12.2. The summed E-state index contributed by atoms with van der Waals surface area (Å²) in [6.45, 7) is 9.86.